The van der Waals surface area contributed by atoms with Gasteiger partial charge in [0.15, 0.2) is 0 Å². The third-order valence-corrected chi connectivity index (χ3v) is 5.23. The molecule has 1 fully saturated rings. The van der Waals surface area contributed by atoms with E-state index in [1.165, 1.54) is 42.9 Å². The number of rotatable bonds is 2. The maximum atomic E-state index is 2.38. The third kappa shape index (κ3) is 1.90. The maximum absolute atomic E-state index is 2.38. The van der Waals surface area contributed by atoms with Gasteiger partial charge in [-0.25, -0.2) is 0 Å². The Kier molecular flexibility index (Phi) is 2.73. The zero-order chi connectivity index (χ0) is 13.6. The Morgan fingerprint density at radius 2 is 1.65 bits per heavy atom. The van der Waals surface area contributed by atoms with E-state index in [1.54, 1.807) is 11.1 Å². The molecular formula is C20H22. The normalized spacial score (nSPS) is 21.2. The molecule has 0 aliphatic heterocycles. The van der Waals surface area contributed by atoms with Crippen molar-refractivity contribution in [3.63, 3.8) is 0 Å². The first kappa shape index (κ1) is 12.2. The average molecular weight is 262 g/mol. The minimum Gasteiger partial charge on any atom is -0.0733 e. The van der Waals surface area contributed by atoms with Crippen LogP contribution in [0.25, 0.3) is 10.8 Å². The maximum Gasteiger partial charge on any atom is 0.0287 e. The first-order valence-corrected chi connectivity index (χ1v) is 8.00. The van der Waals surface area contributed by atoms with Crippen molar-refractivity contribution in [2.75, 3.05) is 0 Å². The second-order valence-corrected chi connectivity index (χ2v) is 6.70. The molecule has 20 heavy (non-hydrogen) atoms. The van der Waals surface area contributed by atoms with Crippen molar-refractivity contribution in [2.24, 2.45) is 0 Å². The molecule has 102 valence electrons. The summed E-state index contributed by atoms with van der Waals surface area (Å²) in [5.74, 6) is 0.768. The second-order valence-electron chi connectivity index (χ2n) is 6.70. The van der Waals surface area contributed by atoms with E-state index in [9.17, 15) is 0 Å². The third-order valence-electron chi connectivity index (χ3n) is 5.23. The van der Waals surface area contributed by atoms with Gasteiger partial charge in [0.2, 0.25) is 0 Å². The van der Waals surface area contributed by atoms with Crippen molar-refractivity contribution in [1.82, 2.24) is 0 Å². The van der Waals surface area contributed by atoms with Gasteiger partial charge in [-0.3, -0.25) is 0 Å². The Hall–Kier alpha value is -1.56. The van der Waals surface area contributed by atoms with E-state index in [1.807, 2.05) is 0 Å². The Morgan fingerprint density at radius 1 is 0.900 bits per heavy atom. The standard InChI is InChI=1S/C20H22/c1-20(13-14-20)18-12-11-15-7-5-6-10-17(15)19(18)16-8-3-2-4-9-16/h5-7,10-14,16H,2-4,8-9H2,1H3. The Labute approximate surface area is 121 Å². The molecule has 0 nitrogen and oxygen atoms in total. The van der Waals surface area contributed by atoms with Crippen molar-refractivity contribution in [3.8, 4) is 0 Å². The summed E-state index contributed by atoms with van der Waals surface area (Å²) in [6.07, 6.45) is 11.7. The summed E-state index contributed by atoms with van der Waals surface area (Å²) >= 11 is 0. The van der Waals surface area contributed by atoms with Crippen LogP contribution in [0.2, 0.25) is 0 Å². The topological polar surface area (TPSA) is 0 Å². The van der Waals surface area contributed by atoms with Crippen molar-refractivity contribution in [3.05, 3.63) is 59.7 Å². The van der Waals surface area contributed by atoms with Gasteiger partial charge in [-0.15, -0.1) is 0 Å². The molecule has 0 heterocycles. The van der Waals surface area contributed by atoms with E-state index < -0.39 is 0 Å². The fraction of sp³-hybridized carbons (Fsp3) is 0.400. The van der Waals surface area contributed by atoms with Crippen LogP contribution >= 0.6 is 0 Å². The number of benzene rings is 2. The molecule has 2 aromatic rings. The van der Waals surface area contributed by atoms with E-state index in [2.05, 4.69) is 55.5 Å². The van der Waals surface area contributed by atoms with Crippen LogP contribution in [0.3, 0.4) is 0 Å². The Morgan fingerprint density at radius 3 is 2.40 bits per heavy atom. The van der Waals surface area contributed by atoms with Crippen LogP contribution in [0, 0.1) is 0 Å². The molecule has 0 amide bonds. The molecule has 0 heteroatoms. The lowest BCUT2D eigenvalue weighted by Gasteiger charge is -2.28. The zero-order valence-corrected chi connectivity index (χ0v) is 12.2. The molecule has 0 radical (unpaired) electrons. The lowest BCUT2D eigenvalue weighted by Crippen LogP contribution is -2.13. The summed E-state index contributed by atoms with van der Waals surface area (Å²) in [7, 11) is 0. The summed E-state index contributed by atoms with van der Waals surface area (Å²) < 4.78 is 0. The summed E-state index contributed by atoms with van der Waals surface area (Å²) in [6, 6.07) is 13.6. The van der Waals surface area contributed by atoms with Crippen LogP contribution in [0.1, 0.15) is 56.1 Å². The molecule has 0 bridgehead atoms. The molecule has 0 saturated heterocycles. The van der Waals surface area contributed by atoms with Gasteiger partial charge in [0.05, 0.1) is 0 Å². The monoisotopic (exact) mass is 262 g/mol. The minimum atomic E-state index is 0.233. The molecule has 2 aliphatic rings. The lowest BCUT2D eigenvalue weighted by molar-refractivity contribution is 0.442. The van der Waals surface area contributed by atoms with Gasteiger partial charge in [0, 0.05) is 5.41 Å². The molecule has 2 aromatic carbocycles. The molecule has 0 aromatic heterocycles. The van der Waals surface area contributed by atoms with Gasteiger partial charge in [-0.2, -0.15) is 0 Å². The Balaban J connectivity index is 1.93. The number of fused-ring (bicyclic) bond motifs is 1. The average Bonchev–Trinajstić information content (AvgIpc) is 3.26. The van der Waals surface area contributed by atoms with Gasteiger partial charge in [0.1, 0.15) is 0 Å². The van der Waals surface area contributed by atoms with Crippen molar-refractivity contribution in [2.45, 2.75) is 50.4 Å². The fourth-order valence-electron chi connectivity index (χ4n) is 3.90. The van der Waals surface area contributed by atoms with Crippen molar-refractivity contribution < 1.29 is 0 Å². The molecule has 1 saturated carbocycles. The van der Waals surface area contributed by atoms with Crippen molar-refractivity contribution >= 4 is 10.8 Å². The summed E-state index contributed by atoms with van der Waals surface area (Å²) in [6.45, 7) is 2.35. The number of hydrogen-bond acceptors (Lipinski definition) is 0. The largest absolute Gasteiger partial charge is 0.0733 e. The minimum absolute atomic E-state index is 0.233. The quantitative estimate of drug-likeness (QED) is 0.608. The van der Waals surface area contributed by atoms with E-state index in [-0.39, 0.29) is 5.41 Å². The first-order chi connectivity index (χ1) is 9.78. The number of allylic oxidation sites excluding steroid dienone is 2. The molecule has 2 aliphatic carbocycles. The van der Waals surface area contributed by atoms with Gasteiger partial charge < -0.3 is 0 Å². The highest BCUT2D eigenvalue weighted by atomic mass is 14.4. The first-order valence-electron chi connectivity index (χ1n) is 8.00. The SMILES string of the molecule is CC1(c2ccc3ccccc3c2C2CCCCC2)C=C1. The highest BCUT2D eigenvalue weighted by molar-refractivity contribution is 5.88. The highest BCUT2D eigenvalue weighted by Crippen LogP contribution is 2.47. The number of hydrogen-bond donors (Lipinski definition) is 0. The van der Waals surface area contributed by atoms with E-state index in [0.29, 0.717) is 0 Å². The zero-order valence-electron chi connectivity index (χ0n) is 12.2. The van der Waals surface area contributed by atoms with Gasteiger partial charge >= 0.3 is 0 Å². The summed E-state index contributed by atoms with van der Waals surface area (Å²) in [5.41, 5.74) is 3.44. The smallest absolute Gasteiger partial charge is 0.0287 e. The van der Waals surface area contributed by atoms with Gasteiger partial charge in [-0.1, -0.05) is 67.8 Å². The van der Waals surface area contributed by atoms with Crippen LogP contribution in [-0.4, -0.2) is 0 Å². The van der Waals surface area contributed by atoms with Crippen LogP contribution in [-0.2, 0) is 5.41 Å². The van der Waals surface area contributed by atoms with Crippen LogP contribution in [0.4, 0.5) is 0 Å². The summed E-state index contributed by atoms with van der Waals surface area (Å²) in [4.78, 5) is 0. The molecular weight excluding hydrogens is 240 g/mol. The molecule has 0 N–H and O–H groups in total. The van der Waals surface area contributed by atoms with Crippen LogP contribution in [0.15, 0.2) is 48.6 Å². The second kappa shape index (κ2) is 4.48. The molecule has 4 rings (SSSR count). The lowest BCUT2D eigenvalue weighted by atomic mass is 9.76. The van der Waals surface area contributed by atoms with E-state index >= 15 is 0 Å². The van der Waals surface area contributed by atoms with Crippen molar-refractivity contribution in [1.29, 1.82) is 0 Å². The van der Waals surface area contributed by atoms with E-state index in [4.69, 9.17) is 0 Å². The molecule has 0 unspecified atom stereocenters. The summed E-state index contributed by atoms with van der Waals surface area (Å²) in [5, 5.41) is 2.90. The van der Waals surface area contributed by atoms with Crippen LogP contribution < -0.4 is 0 Å². The van der Waals surface area contributed by atoms with Gasteiger partial charge in [0.25, 0.3) is 0 Å². The Bertz CT molecular complexity index is 665. The van der Waals surface area contributed by atoms with Crippen LogP contribution in [0.5, 0.6) is 0 Å². The molecule has 0 spiro atoms. The molecule has 0 atom stereocenters. The predicted molar refractivity (Wildman–Crippen MR) is 86.3 cm³/mol. The fourth-order valence-corrected chi connectivity index (χ4v) is 3.90. The highest BCUT2D eigenvalue weighted by Gasteiger charge is 2.34. The van der Waals surface area contributed by atoms with E-state index in [0.717, 1.165) is 5.92 Å². The van der Waals surface area contributed by atoms with Gasteiger partial charge in [-0.05, 0) is 47.6 Å². The predicted octanol–water partition coefficient (Wildman–Crippen LogP) is 5.72.